The van der Waals surface area contributed by atoms with E-state index < -0.39 is 0 Å². The molecule has 1 aromatic carbocycles. The number of halogens is 1. The third-order valence-corrected chi connectivity index (χ3v) is 5.57. The summed E-state index contributed by atoms with van der Waals surface area (Å²) in [7, 11) is 0. The van der Waals surface area contributed by atoms with Crippen molar-refractivity contribution in [1.82, 2.24) is 5.43 Å². The molecule has 0 aliphatic heterocycles. The molecule has 0 atom stereocenters. The van der Waals surface area contributed by atoms with Gasteiger partial charge in [-0.15, -0.1) is 23.1 Å². The lowest BCUT2D eigenvalue weighted by atomic mass is 10.4. The normalized spacial score (nSPS) is 10.3. The van der Waals surface area contributed by atoms with Crippen LogP contribution < -0.4 is 11.3 Å². The van der Waals surface area contributed by atoms with Crippen LogP contribution in [-0.4, -0.2) is 5.91 Å². The second-order valence-electron chi connectivity index (χ2n) is 3.46. The molecule has 94 valence electrons. The summed E-state index contributed by atoms with van der Waals surface area (Å²) in [5, 5.41) is 0. The van der Waals surface area contributed by atoms with Crippen LogP contribution in [0, 0.1) is 0 Å². The standard InChI is InChI=1S/C12H11BrN2OS2/c13-9-3-1-2-4-10(9)17-7-8-5-6-11(18-8)12(16)15-14/h1-6H,7,14H2,(H,15,16). The minimum Gasteiger partial charge on any atom is -0.289 e. The fourth-order valence-corrected chi connectivity index (χ4v) is 3.88. The number of hydrazine groups is 1. The second-order valence-corrected chi connectivity index (χ2v) is 6.50. The van der Waals surface area contributed by atoms with Gasteiger partial charge in [0.15, 0.2) is 0 Å². The minimum absolute atomic E-state index is 0.239. The molecular weight excluding hydrogens is 332 g/mol. The average Bonchev–Trinajstić information content (AvgIpc) is 2.86. The highest BCUT2D eigenvalue weighted by Crippen LogP contribution is 2.31. The molecule has 1 heterocycles. The Balaban J connectivity index is 2.01. The van der Waals surface area contributed by atoms with Gasteiger partial charge >= 0.3 is 0 Å². The first-order chi connectivity index (χ1) is 8.70. The maximum atomic E-state index is 11.3. The number of thiophene rings is 1. The van der Waals surface area contributed by atoms with Crippen LogP contribution in [0.2, 0.25) is 0 Å². The van der Waals surface area contributed by atoms with Crippen molar-refractivity contribution in [3.05, 3.63) is 50.6 Å². The molecule has 0 saturated carbocycles. The number of carbonyl (C=O) groups is 1. The summed E-state index contributed by atoms with van der Waals surface area (Å²) in [5.74, 6) is 5.69. The van der Waals surface area contributed by atoms with Crippen molar-refractivity contribution in [2.45, 2.75) is 10.6 Å². The highest BCUT2D eigenvalue weighted by Gasteiger charge is 2.08. The number of amides is 1. The first-order valence-corrected chi connectivity index (χ1v) is 7.77. The van der Waals surface area contributed by atoms with Gasteiger partial charge in [0.05, 0.1) is 4.88 Å². The molecule has 0 saturated heterocycles. The van der Waals surface area contributed by atoms with Crippen molar-refractivity contribution in [3.63, 3.8) is 0 Å². The molecule has 3 N–H and O–H groups in total. The van der Waals surface area contributed by atoms with E-state index in [4.69, 9.17) is 5.84 Å². The molecular formula is C12H11BrN2OS2. The Labute approximate surface area is 122 Å². The Morgan fingerprint density at radius 2 is 2.11 bits per heavy atom. The van der Waals surface area contributed by atoms with Gasteiger partial charge < -0.3 is 0 Å². The van der Waals surface area contributed by atoms with Gasteiger partial charge in [0.25, 0.3) is 5.91 Å². The Morgan fingerprint density at radius 3 is 2.83 bits per heavy atom. The quantitative estimate of drug-likeness (QED) is 0.387. The van der Waals surface area contributed by atoms with Crippen LogP contribution in [0.1, 0.15) is 14.5 Å². The monoisotopic (exact) mass is 342 g/mol. The molecule has 1 aromatic heterocycles. The molecule has 0 fully saturated rings. The second kappa shape index (κ2) is 6.38. The van der Waals surface area contributed by atoms with Crippen molar-refractivity contribution >= 4 is 44.9 Å². The van der Waals surface area contributed by atoms with Crippen molar-refractivity contribution in [3.8, 4) is 0 Å². The minimum atomic E-state index is -0.239. The smallest absolute Gasteiger partial charge is 0.275 e. The van der Waals surface area contributed by atoms with Gasteiger partial charge in [0, 0.05) is 20.0 Å². The third-order valence-electron chi connectivity index (χ3n) is 2.22. The maximum absolute atomic E-state index is 11.3. The average molecular weight is 343 g/mol. The number of thioether (sulfide) groups is 1. The topological polar surface area (TPSA) is 55.1 Å². The number of carbonyl (C=O) groups excluding carboxylic acids is 1. The van der Waals surface area contributed by atoms with Crippen LogP contribution in [0.15, 0.2) is 45.8 Å². The molecule has 0 spiro atoms. The van der Waals surface area contributed by atoms with E-state index >= 15 is 0 Å². The molecule has 0 aliphatic rings. The summed E-state index contributed by atoms with van der Waals surface area (Å²) < 4.78 is 1.09. The van der Waals surface area contributed by atoms with Gasteiger partial charge in [-0.1, -0.05) is 12.1 Å². The van der Waals surface area contributed by atoms with Crippen molar-refractivity contribution < 1.29 is 4.79 Å². The van der Waals surface area contributed by atoms with Gasteiger partial charge in [-0.2, -0.15) is 0 Å². The van der Waals surface area contributed by atoms with Crippen LogP contribution in [0.3, 0.4) is 0 Å². The largest absolute Gasteiger partial charge is 0.289 e. The molecule has 0 unspecified atom stereocenters. The first-order valence-electron chi connectivity index (χ1n) is 5.17. The van der Waals surface area contributed by atoms with E-state index in [2.05, 4.69) is 27.4 Å². The Hall–Kier alpha value is -0.820. The number of hydrogen-bond donors (Lipinski definition) is 2. The summed E-state index contributed by atoms with van der Waals surface area (Å²) in [6, 6.07) is 11.8. The fraction of sp³-hybridized carbons (Fsp3) is 0.0833. The number of nitrogen functional groups attached to an aromatic ring is 1. The van der Waals surface area contributed by atoms with E-state index in [1.807, 2.05) is 24.3 Å². The summed E-state index contributed by atoms with van der Waals surface area (Å²) in [6.07, 6.45) is 0. The molecule has 2 aromatic rings. The number of hydrogen-bond acceptors (Lipinski definition) is 4. The lowest BCUT2D eigenvalue weighted by Gasteiger charge is -2.02. The molecule has 0 aliphatic carbocycles. The van der Waals surface area contributed by atoms with Crippen molar-refractivity contribution in [2.24, 2.45) is 5.84 Å². The fourth-order valence-electron chi connectivity index (χ4n) is 1.36. The van der Waals surface area contributed by atoms with Gasteiger partial charge in [0.2, 0.25) is 0 Å². The Bertz CT molecular complexity index is 557. The SMILES string of the molecule is NNC(=O)c1ccc(CSc2ccccc2Br)s1. The van der Waals surface area contributed by atoms with Crippen molar-refractivity contribution in [1.29, 1.82) is 0 Å². The van der Waals surface area contributed by atoms with Crippen LogP contribution in [-0.2, 0) is 5.75 Å². The molecule has 0 radical (unpaired) electrons. The summed E-state index contributed by atoms with van der Waals surface area (Å²) in [5.41, 5.74) is 2.13. The molecule has 0 bridgehead atoms. The molecule has 1 amide bonds. The predicted octanol–water partition coefficient (Wildman–Crippen LogP) is 3.41. The van der Waals surface area contributed by atoms with E-state index in [-0.39, 0.29) is 5.91 Å². The maximum Gasteiger partial charge on any atom is 0.275 e. The van der Waals surface area contributed by atoms with E-state index in [0.717, 1.165) is 15.1 Å². The van der Waals surface area contributed by atoms with E-state index in [0.29, 0.717) is 4.88 Å². The molecule has 6 heteroatoms. The number of benzene rings is 1. The van der Waals surface area contributed by atoms with Crippen molar-refractivity contribution in [2.75, 3.05) is 0 Å². The van der Waals surface area contributed by atoms with Gasteiger partial charge in [-0.25, -0.2) is 5.84 Å². The highest BCUT2D eigenvalue weighted by atomic mass is 79.9. The van der Waals surface area contributed by atoms with E-state index in [1.54, 1.807) is 17.8 Å². The predicted molar refractivity (Wildman–Crippen MR) is 79.7 cm³/mol. The zero-order valence-corrected chi connectivity index (χ0v) is 12.6. The lowest BCUT2D eigenvalue weighted by Crippen LogP contribution is -2.29. The Kier molecular flexibility index (Phi) is 4.82. The Morgan fingerprint density at radius 1 is 1.33 bits per heavy atom. The third kappa shape index (κ3) is 3.35. The van der Waals surface area contributed by atoms with Gasteiger partial charge in [-0.05, 0) is 40.2 Å². The molecule has 2 rings (SSSR count). The summed E-state index contributed by atoms with van der Waals surface area (Å²) in [4.78, 5) is 14.3. The first kappa shape index (κ1) is 13.6. The van der Waals surface area contributed by atoms with Gasteiger partial charge in [-0.3, -0.25) is 10.2 Å². The van der Waals surface area contributed by atoms with Crippen LogP contribution in [0.5, 0.6) is 0 Å². The summed E-state index contributed by atoms with van der Waals surface area (Å²) >= 11 is 6.71. The van der Waals surface area contributed by atoms with Crippen LogP contribution in [0.4, 0.5) is 0 Å². The zero-order valence-electron chi connectivity index (χ0n) is 9.35. The van der Waals surface area contributed by atoms with Crippen LogP contribution >= 0.6 is 39.0 Å². The summed E-state index contributed by atoms with van der Waals surface area (Å²) in [6.45, 7) is 0. The van der Waals surface area contributed by atoms with E-state index in [9.17, 15) is 4.79 Å². The number of nitrogens with two attached hydrogens (primary N) is 1. The zero-order chi connectivity index (χ0) is 13.0. The molecule has 3 nitrogen and oxygen atoms in total. The van der Waals surface area contributed by atoms with Gasteiger partial charge in [0.1, 0.15) is 0 Å². The molecule has 18 heavy (non-hydrogen) atoms. The van der Waals surface area contributed by atoms with E-state index in [1.165, 1.54) is 16.2 Å². The number of nitrogens with one attached hydrogen (secondary N) is 1. The number of rotatable bonds is 4. The highest BCUT2D eigenvalue weighted by molar-refractivity contribution is 9.10. The van der Waals surface area contributed by atoms with Crippen LogP contribution in [0.25, 0.3) is 0 Å². The lowest BCUT2D eigenvalue weighted by molar-refractivity contribution is 0.0957.